The minimum atomic E-state index is -1.66. The first-order valence-electron chi connectivity index (χ1n) is 10.9. The Morgan fingerprint density at radius 1 is 1.28 bits per heavy atom. The maximum absolute atomic E-state index is 13.5. The summed E-state index contributed by atoms with van der Waals surface area (Å²) in [7, 11) is 0. The lowest BCUT2D eigenvalue weighted by atomic mass is 9.75. The van der Waals surface area contributed by atoms with Crippen molar-refractivity contribution in [3.05, 3.63) is 58.8 Å². The van der Waals surface area contributed by atoms with Crippen molar-refractivity contribution in [2.45, 2.75) is 44.5 Å². The largest absolute Gasteiger partial charge is 0.457 e. The maximum Gasteiger partial charge on any atom is 0.355 e. The van der Waals surface area contributed by atoms with E-state index >= 15 is 0 Å². The number of aromatic nitrogens is 1. The first-order chi connectivity index (χ1) is 15.4. The molecule has 1 fully saturated rings. The number of pyridine rings is 1. The molecule has 7 nitrogen and oxygen atoms in total. The minimum absolute atomic E-state index is 0.100. The molecule has 3 heterocycles. The zero-order chi connectivity index (χ0) is 22.2. The van der Waals surface area contributed by atoms with E-state index in [9.17, 15) is 14.4 Å². The Hall–Kier alpha value is -3.32. The molecule has 4 atom stereocenters. The van der Waals surface area contributed by atoms with Crippen LogP contribution in [0.4, 0.5) is 0 Å². The molecule has 1 aromatic carbocycles. The summed E-state index contributed by atoms with van der Waals surface area (Å²) in [5, 5.41) is 1.02. The van der Waals surface area contributed by atoms with E-state index in [1.54, 1.807) is 13.8 Å². The summed E-state index contributed by atoms with van der Waals surface area (Å²) in [6.07, 6.45) is 1.59. The van der Waals surface area contributed by atoms with Crippen LogP contribution in [0.25, 0.3) is 16.5 Å². The van der Waals surface area contributed by atoms with Crippen LogP contribution in [0.1, 0.15) is 31.5 Å². The molecule has 1 aromatic heterocycles. The number of benzene rings is 1. The third-order valence-corrected chi connectivity index (χ3v) is 6.94. The van der Waals surface area contributed by atoms with Gasteiger partial charge in [-0.05, 0) is 49.1 Å². The number of Topliss-reactive ketones (excluding diaryl/α,β-unsaturated/α-hetero) is 1. The average molecular weight is 431 g/mol. The second-order valence-corrected chi connectivity index (χ2v) is 8.74. The van der Waals surface area contributed by atoms with Crippen molar-refractivity contribution in [1.29, 1.82) is 0 Å². The summed E-state index contributed by atoms with van der Waals surface area (Å²) in [5.41, 5.74) is 2.53. The fraction of sp³-hybridized carbons (Fsp3) is 0.360. The standard InChI is InChI=1S/C25H21NO6/c1-3-25(32-23(28)22-12(2)31-22)18-10-15-16(21(27)17(18)11-30-24(25)29)9-14-8-13-6-4-5-7-19(13)26-20(14)15/h4-8,10,12,16,22H,3,9,11H2,1-2H3/t12?,16?,22?,25-/m0/s1. The smallest absolute Gasteiger partial charge is 0.355 e. The lowest BCUT2D eigenvalue weighted by Gasteiger charge is -2.38. The zero-order valence-corrected chi connectivity index (χ0v) is 17.7. The molecule has 2 aliphatic heterocycles. The molecule has 0 amide bonds. The lowest BCUT2D eigenvalue weighted by Crippen LogP contribution is -2.51. The van der Waals surface area contributed by atoms with E-state index in [0.29, 0.717) is 17.6 Å². The number of ketones is 1. The molecular weight excluding hydrogens is 410 g/mol. The number of allylic oxidation sites excluding steroid dienone is 1. The molecule has 0 spiro atoms. The van der Waals surface area contributed by atoms with E-state index in [1.807, 2.05) is 30.3 Å². The highest BCUT2D eigenvalue weighted by molar-refractivity contribution is 6.12. The number of rotatable bonds is 3. The number of hydrogen-bond donors (Lipinski definition) is 0. The van der Waals surface area contributed by atoms with Crippen LogP contribution in [0, 0.1) is 5.92 Å². The van der Waals surface area contributed by atoms with Crippen LogP contribution in [-0.2, 0) is 35.0 Å². The van der Waals surface area contributed by atoms with E-state index in [2.05, 4.69) is 6.07 Å². The van der Waals surface area contributed by atoms with E-state index < -0.39 is 23.6 Å². The van der Waals surface area contributed by atoms with Crippen molar-refractivity contribution in [3.63, 3.8) is 0 Å². The summed E-state index contributed by atoms with van der Waals surface area (Å²) in [6.45, 7) is 3.39. The van der Waals surface area contributed by atoms with Crippen LogP contribution < -0.4 is 0 Å². The van der Waals surface area contributed by atoms with Crippen LogP contribution in [0.5, 0.6) is 0 Å². The van der Waals surface area contributed by atoms with Crippen molar-refractivity contribution in [1.82, 2.24) is 4.98 Å². The third kappa shape index (κ3) is 2.57. The highest BCUT2D eigenvalue weighted by atomic mass is 16.7. The van der Waals surface area contributed by atoms with Crippen LogP contribution in [0.2, 0.25) is 0 Å². The maximum atomic E-state index is 13.5. The normalized spacial score (nSPS) is 30.3. The first-order valence-corrected chi connectivity index (χ1v) is 10.9. The molecule has 32 heavy (non-hydrogen) atoms. The summed E-state index contributed by atoms with van der Waals surface area (Å²) < 4.78 is 16.3. The number of para-hydroxylation sites is 1. The fourth-order valence-electron chi connectivity index (χ4n) is 5.09. The molecule has 2 aliphatic carbocycles. The van der Waals surface area contributed by atoms with Gasteiger partial charge < -0.3 is 14.2 Å². The highest BCUT2D eigenvalue weighted by Crippen LogP contribution is 2.48. The number of esters is 2. The molecular formula is C25H21NO6. The van der Waals surface area contributed by atoms with Gasteiger partial charge in [-0.2, -0.15) is 0 Å². The lowest BCUT2D eigenvalue weighted by molar-refractivity contribution is -0.180. The molecule has 2 aromatic rings. The SMILES string of the molecule is CC[C@@]1(OC(=O)C2OC2C)C(=O)OCC2=C1C=C1c3nc4ccccc4cc3CC1C2=O. The summed E-state index contributed by atoms with van der Waals surface area (Å²) in [5.74, 6) is -1.75. The molecule has 0 saturated carbocycles. The Morgan fingerprint density at radius 2 is 2.06 bits per heavy atom. The number of carbonyl (C=O) groups excluding carboxylic acids is 3. The predicted molar refractivity (Wildman–Crippen MR) is 113 cm³/mol. The molecule has 6 rings (SSSR count). The number of nitrogens with zero attached hydrogens (tertiary/aromatic N) is 1. The van der Waals surface area contributed by atoms with Gasteiger partial charge in [0.05, 0.1) is 23.2 Å². The van der Waals surface area contributed by atoms with Gasteiger partial charge in [0.25, 0.3) is 0 Å². The molecule has 7 heteroatoms. The van der Waals surface area contributed by atoms with E-state index in [1.165, 1.54) is 0 Å². The Kier molecular flexibility index (Phi) is 3.99. The Balaban J connectivity index is 1.49. The van der Waals surface area contributed by atoms with Crippen LogP contribution in [0.3, 0.4) is 0 Å². The molecule has 162 valence electrons. The molecule has 4 aliphatic rings. The van der Waals surface area contributed by atoms with E-state index in [-0.39, 0.29) is 30.8 Å². The van der Waals surface area contributed by atoms with E-state index in [0.717, 1.165) is 27.7 Å². The van der Waals surface area contributed by atoms with Crippen molar-refractivity contribution in [3.8, 4) is 0 Å². The first kappa shape index (κ1) is 19.4. The Morgan fingerprint density at radius 3 is 2.81 bits per heavy atom. The van der Waals surface area contributed by atoms with Crippen molar-refractivity contribution in [2.24, 2.45) is 5.92 Å². The van der Waals surface area contributed by atoms with Gasteiger partial charge in [0, 0.05) is 16.5 Å². The van der Waals surface area contributed by atoms with Gasteiger partial charge in [-0.3, -0.25) is 4.79 Å². The number of cyclic esters (lactones) is 1. The quantitative estimate of drug-likeness (QED) is 0.545. The van der Waals surface area contributed by atoms with Gasteiger partial charge in [0.1, 0.15) is 6.61 Å². The van der Waals surface area contributed by atoms with Crippen LogP contribution in [0.15, 0.2) is 47.6 Å². The second-order valence-electron chi connectivity index (χ2n) is 8.74. The van der Waals surface area contributed by atoms with Gasteiger partial charge in [-0.25, -0.2) is 14.6 Å². The van der Waals surface area contributed by atoms with Gasteiger partial charge >= 0.3 is 11.9 Å². The third-order valence-electron chi connectivity index (χ3n) is 6.94. The number of hydrogen-bond acceptors (Lipinski definition) is 7. The highest BCUT2D eigenvalue weighted by Gasteiger charge is 2.56. The minimum Gasteiger partial charge on any atom is -0.457 e. The molecule has 0 N–H and O–H groups in total. The van der Waals surface area contributed by atoms with Gasteiger partial charge in [0.2, 0.25) is 5.60 Å². The van der Waals surface area contributed by atoms with E-state index in [4.69, 9.17) is 19.2 Å². The number of epoxide rings is 1. The van der Waals surface area contributed by atoms with Crippen LogP contribution in [-0.4, -0.2) is 47.1 Å². The Bertz CT molecular complexity index is 1290. The molecule has 0 bridgehead atoms. The van der Waals surface area contributed by atoms with Gasteiger partial charge in [-0.15, -0.1) is 0 Å². The monoisotopic (exact) mass is 431 g/mol. The van der Waals surface area contributed by atoms with Crippen molar-refractivity contribution < 1.29 is 28.6 Å². The zero-order valence-electron chi connectivity index (χ0n) is 17.7. The number of fused-ring (bicyclic) bond motifs is 4. The summed E-state index contributed by atoms with van der Waals surface area (Å²) >= 11 is 0. The topological polar surface area (TPSA) is 95.1 Å². The molecule has 1 saturated heterocycles. The number of carbonyl (C=O) groups is 3. The number of ether oxygens (including phenoxy) is 3. The molecule has 3 unspecified atom stereocenters. The van der Waals surface area contributed by atoms with Crippen molar-refractivity contribution in [2.75, 3.05) is 6.61 Å². The van der Waals surface area contributed by atoms with Crippen LogP contribution >= 0.6 is 0 Å². The summed E-state index contributed by atoms with van der Waals surface area (Å²) in [6, 6.07) is 9.89. The Labute approximate surface area is 184 Å². The summed E-state index contributed by atoms with van der Waals surface area (Å²) in [4.78, 5) is 43.9. The molecule has 0 radical (unpaired) electrons. The van der Waals surface area contributed by atoms with Gasteiger partial charge in [-0.1, -0.05) is 25.1 Å². The average Bonchev–Trinajstić information content (AvgIpc) is 3.43. The van der Waals surface area contributed by atoms with Crippen molar-refractivity contribution >= 4 is 34.2 Å². The van der Waals surface area contributed by atoms with Gasteiger partial charge in [0.15, 0.2) is 11.9 Å². The second kappa shape index (κ2) is 6.59. The fourth-order valence-corrected chi connectivity index (χ4v) is 5.09. The predicted octanol–water partition coefficient (Wildman–Crippen LogP) is 2.71.